The monoisotopic (exact) mass is 298 g/mol. The number of hydrogen-bond donors (Lipinski definition) is 1. The molecule has 2 rings (SSSR count). The van der Waals surface area contributed by atoms with Crippen LogP contribution in [0.1, 0.15) is 0 Å². The third kappa shape index (κ3) is 4.21. The molecule has 0 heterocycles. The molecule has 0 aliphatic heterocycles. The second-order valence-electron chi connectivity index (χ2n) is 4.36. The largest absolute Gasteiger partial charge is 0.490 e. The molecule has 5 heteroatoms. The molecule has 2 aromatic rings. The molecule has 0 fully saturated rings. The van der Waals surface area contributed by atoms with Crippen LogP contribution in [-0.2, 0) is 9.59 Å². The van der Waals surface area contributed by atoms with E-state index in [0.29, 0.717) is 18.1 Å². The van der Waals surface area contributed by atoms with Gasteiger partial charge in [-0.1, -0.05) is 24.8 Å². The van der Waals surface area contributed by atoms with Gasteiger partial charge in [-0.2, -0.15) is 0 Å². The van der Waals surface area contributed by atoms with Gasteiger partial charge in [-0.15, -0.1) is 0 Å². The van der Waals surface area contributed by atoms with Crippen LogP contribution in [-0.4, -0.2) is 23.7 Å². The Kier molecular flexibility index (Phi) is 4.93. The van der Waals surface area contributed by atoms with Gasteiger partial charge in [0, 0.05) is 12.2 Å². The summed E-state index contributed by atoms with van der Waals surface area (Å²) in [4.78, 5) is 21.8. The quantitative estimate of drug-likeness (QED) is 0.384. The van der Waals surface area contributed by atoms with E-state index in [1.165, 1.54) is 0 Å². The number of hydrogen-bond acceptors (Lipinski definition) is 4. The van der Waals surface area contributed by atoms with Gasteiger partial charge >= 0.3 is 11.9 Å². The molecule has 0 aromatic heterocycles. The van der Waals surface area contributed by atoms with Gasteiger partial charge in [0.15, 0.2) is 0 Å². The average molecular weight is 298 g/mol. The second-order valence-corrected chi connectivity index (χ2v) is 4.36. The first-order valence-electron chi connectivity index (χ1n) is 6.49. The Bertz CT molecular complexity index is 746. The fourth-order valence-electron chi connectivity index (χ4n) is 1.80. The molecule has 0 atom stereocenters. The van der Waals surface area contributed by atoms with Crippen molar-refractivity contribution < 1.29 is 24.2 Å². The van der Waals surface area contributed by atoms with E-state index in [1.54, 1.807) is 24.3 Å². The maximum Gasteiger partial charge on any atom is 0.336 e. The lowest BCUT2D eigenvalue weighted by molar-refractivity contribution is -0.133. The van der Waals surface area contributed by atoms with Crippen molar-refractivity contribution in [3.05, 3.63) is 61.2 Å². The number of carbonyl (C=O) groups is 2. The van der Waals surface area contributed by atoms with Crippen LogP contribution < -0.4 is 9.47 Å². The molecule has 2 aromatic carbocycles. The van der Waals surface area contributed by atoms with Crippen molar-refractivity contribution in [2.45, 2.75) is 0 Å². The number of rotatable bonds is 6. The lowest BCUT2D eigenvalue weighted by atomic mass is 10.1. The highest BCUT2D eigenvalue weighted by Crippen LogP contribution is 2.25. The van der Waals surface area contributed by atoms with Gasteiger partial charge in [0.1, 0.15) is 18.1 Å². The van der Waals surface area contributed by atoms with Gasteiger partial charge < -0.3 is 14.6 Å². The van der Waals surface area contributed by atoms with Crippen LogP contribution in [0.5, 0.6) is 11.5 Å². The van der Waals surface area contributed by atoms with Crippen LogP contribution in [0, 0.1) is 0 Å². The number of carbonyl (C=O) groups excluding carboxylic acids is 1. The van der Waals surface area contributed by atoms with Crippen LogP contribution >= 0.6 is 0 Å². The molecule has 0 unspecified atom stereocenters. The highest BCUT2D eigenvalue weighted by molar-refractivity contribution is 5.92. The smallest absolute Gasteiger partial charge is 0.336 e. The molecule has 0 bridgehead atoms. The van der Waals surface area contributed by atoms with Crippen molar-refractivity contribution in [1.82, 2.24) is 0 Å². The first-order valence-corrected chi connectivity index (χ1v) is 6.49. The summed E-state index contributed by atoms with van der Waals surface area (Å²) in [6.45, 7) is 3.99. The number of carboxylic acids is 1. The summed E-state index contributed by atoms with van der Waals surface area (Å²) >= 11 is 0. The van der Waals surface area contributed by atoms with E-state index in [-0.39, 0.29) is 0 Å². The Morgan fingerprint density at radius 3 is 2.41 bits per heavy atom. The Hall–Kier alpha value is -3.08. The SMILES string of the molecule is C=CCOc1ccc2ccc(OC(=O)/C=C/C(=O)O)cc2c1. The maximum absolute atomic E-state index is 11.5. The molecular formula is C17H14O5. The minimum Gasteiger partial charge on any atom is -0.490 e. The Morgan fingerprint density at radius 2 is 1.73 bits per heavy atom. The fourth-order valence-corrected chi connectivity index (χ4v) is 1.80. The summed E-state index contributed by atoms with van der Waals surface area (Å²) in [5.41, 5.74) is 0. The standard InChI is InChI=1S/C17H14O5/c1-2-9-21-14-5-3-12-4-6-15(11-13(12)10-14)22-17(20)8-7-16(18)19/h2-8,10-11H,1,9H2,(H,18,19)/b8-7+. The highest BCUT2D eigenvalue weighted by Gasteiger charge is 2.04. The van der Waals surface area contributed by atoms with Crippen molar-refractivity contribution in [2.24, 2.45) is 0 Å². The van der Waals surface area contributed by atoms with Crippen LogP contribution in [0.2, 0.25) is 0 Å². The molecular weight excluding hydrogens is 284 g/mol. The minimum atomic E-state index is -1.21. The lowest BCUT2D eigenvalue weighted by Gasteiger charge is -2.07. The van der Waals surface area contributed by atoms with Crippen molar-refractivity contribution in [3.63, 3.8) is 0 Å². The van der Waals surface area contributed by atoms with Crippen LogP contribution in [0.4, 0.5) is 0 Å². The first-order chi connectivity index (χ1) is 10.6. The minimum absolute atomic E-state index is 0.327. The third-order valence-electron chi connectivity index (χ3n) is 2.73. The van der Waals surface area contributed by atoms with Gasteiger partial charge in [0.2, 0.25) is 0 Å². The number of ether oxygens (including phenoxy) is 2. The van der Waals surface area contributed by atoms with E-state index in [2.05, 4.69) is 6.58 Å². The molecule has 0 aliphatic carbocycles. The van der Waals surface area contributed by atoms with E-state index in [4.69, 9.17) is 14.6 Å². The molecule has 0 aliphatic rings. The summed E-state index contributed by atoms with van der Waals surface area (Å²) < 4.78 is 10.5. The predicted octanol–water partition coefficient (Wildman–Crippen LogP) is 2.95. The zero-order valence-electron chi connectivity index (χ0n) is 11.7. The fraction of sp³-hybridized carbons (Fsp3) is 0.0588. The molecule has 0 saturated carbocycles. The van der Waals surface area contributed by atoms with Crippen molar-refractivity contribution >= 4 is 22.7 Å². The maximum atomic E-state index is 11.5. The third-order valence-corrected chi connectivity index (χ3v) is 2.73. The van der Waals surface area contributed by atoms with Crippen molar-refractivity contribution in [3.8, 4) is 11.5 Å². The molecule has 0 saturated heterocycles. The molecule has 0 amide bonds. The van der Waals surface area contributed by atoms with E-state index >= 15 is 0 Å². The normalized spacial score (nSPS) is 10.5. The van der Waals surface area contributed by atoms with Gasteiger partial charge in [-0.3, -0.25) is 0 Å². The van der Waals surface area contributed by atoms with Gasteiger partial charge in [0.25, 0.3) is 0 Å². The van der Waals surface area contributed by atoms with E-state index < -0.39 is 11.9 Å². The van der Waals surface area contributed by atoms with Gasteiger partial charge in [0.05, 0.1) is 0 Å². The topological polar surface area (TPSA) is 72.8 Å². The van der Waals surface area contributed by atoms with Gasteiger partial charge in [-0.25, -0.2) is 9.59 Å². The highest BCUT2D eigenvalue weighted by atomic mass is 16.5. The van der Waals surface area contributed by atoms with E-state index in [9.17, 15) is 9.59 Å². The van der Waals surface area contributed by atoms with Gasteiger partial charge in [-0.05, 0) is 35.0 Å². The predicted molar refractivity (Wildman–Crippen MR) is 82.1 cm³/mol. The van der Waals surface area contributed by atoms with Crippen LogP contribution in [0.15, 0.2) is 61.2 Å². The van der Waals surface area contributed by atoms with E-state index in [1.807, 2.05) is 18.2 Å². The number of fused-ring (bicyclic) bond motifs is 1. The number of aliphatic carboxylic acids is 1. The van der Waals surface area contributed by atoms with Crippen LogP contribution in [0.25, 0.3) is 10.8 Å². The average Bonchev–Trinajstić information content (AvgIpc) is 2.50. The summed E-state index contributed by atoms with van der Waals surface area (Å²) in [5, 5.41) is 10.3. The van der Waals surface area contributed by atoms with E-state index in [0.717, 1.165) is 22.9 Å². The number of esters is 1. The number of carboxylic acid groups (broad SMARTS) is 1. The Labute approximate surface area is 127 Å². The Balaban J connectivity index is 2.19. The summed E-state index contributed by atoms with van der Waals surface area (Å²) in [5.74, 6) is -0.949. The zero-order chi connectivity index (χ0) is 15.9. The molecule has 112 valence electrons. The second kappa shape index (κ2) is 7.08. The molecule has 1 N–H and O–H groups in total. The molecule has 0 radical (unpaired) electrons. The summed E-state index contributed by atoms with van der Waals surface area (Å²) in [6.07, 6.45) is 3.23. The molecule has 22 heavy (non-hydrogen) atoms. The van der Waals surface area contributed by atoms with Crippen molar-refractivity contribution in [1.29, 1.82) is 0 Å². The first kappa shape index (κ1) is 15.3. The molecule has 0 spiro atoms. The molecule has 5 nitrogen and oxygen atoms in total. The summed E-state index contributed by atoms with van der Waals surface area (Å²) in [7, 11) is 0. The number of benzene rings is 2. The lowest BCUT2D eigenvalue weighted by Crippen LogP contribution is -2.04. The van der Waals surface area contributed by atoms with Crippen molar-refractivity contribution in [2.75, 3.05) is 6.61 Å². The van der Waals surface area contributed by atoms with Crippen LogP contribution in [0.3, 0.4) is 0 Å². The Morgan fingerprint density at radius 1 is 1.05 bits per heavy atom. The summed E-state index contributed by atoms with van der Waals surface area (Å²) in [6, 6.07) is 10.7. The zero-order valence-corrected chi connectivity index (χ0v) is 11.7.